The summed E-state index contributed by atoms with van der Waals surface area (Å²) in [4.78, 5) is 14.5. The van der Waals surface area contributed by atoms with Crippen LogP contribution < -0.4 is 4.18 Å². The maximum atomic E-state index is 13.3. The van der Waals surface area contributed by atoms with Gasteiger partial charge >= 0.3 is 10.1 Å². The van der Waals surface area contributed by atoms with Crippen molar-refractivity contribution >= 4 is 16.0 Å². The number of rotatable bonds is 7. The molecule has 0 radical (unpaired) electrons. The molecule has 0 aliphatic rings. The standard InChI is InChI=1S/C25H25F2NO4S/c1-25(2,3)24(29)28(16-18-7-9-20(26)10-8-18)17-19-5-4-6-22(15-19)32-33(30,31)23-13-11-21(27)12-14-23/h4-15H,16-17H2,1-3H3. The molecule has 0 atom stereocenters. The summed E-state index contributed by atoms with van der Waals surface area (Å²) in [6.45, 7) is 5.88. The molecular weight excluding hydrogens is 448 g/mol. The molecule has 8 heteroatoms. The summed E-state index contributed by atoms with van der Waals surface area (Å²) >= 11 is 0. The van der Waals surface area contributed by atoms with E-state index in [4.69, 9.17) is 4.18 Å². The van der Waals surface area contributed by atoms with Crippen molar-refractivity contribution in [2.45, 2.75) is 38.8 Å². The average molecular weight is 474 g/mol. The van der Waals surface area contributed by atoms with Crippen molar-refractivity contribution in [3.8, 4) is 5.75 Å². The Balaban J connectivity index is 1.83. The van der Waals surface area contributed by atoms with Crippen molar-refractivity contribution in [1.82, 2.24) is 4.90 Å². The largest absolute Gasteiger partial charge is 0.379 e. The fourth-order valence-electron chi connectivity index (χ4n) is 3.18. The van der Waals surface area contributed by atoms with Crippen LogP contribution in [0.1, 0.15) is 31.9 Å². The molecule has 0 unspecified atom stereocenters. The van der Waals surface area contributed by atoms with E-state index in [1.807, 2.05) is 20.8 Å². The van der Waals surface area contributed by atoms with Gasteiger partial charge < -0.3 is 9.08 Å². The van der Waals surface area contributed by atoms with Crippen LogP contribution in [0.2, 0.25) is 0 Å². The SMILES string of the molecule is CC(C)(C)C(=O)N(Cc1ccc(F)cc1)Cc1cccc(OS(=O)(=O)c2ccc(F)cc2)c1. The lowest BCUT2D eigenvalue weighted by molar-refractivity contribution is -0.140. The monoisotopic (exact) mass is 473 g/mol. The number of hydrogen-bond donors (Lipinski definition) is 0. The predicted molar refractivity (Wildman–Crippen MR) is 121 cm³/mol. The van der Waals surface area contributed by atoms with Gasteiger partial charge in [0.25, 0.3) is 0 Å². The third-order valence-electron chi connectivity index (χ3n) is 4.80. The number of carbonyl (C=O) groups is 1. The lowest BCUT2D eigenvalue weighted by Gasteiger charge is -2.30. The van der Waals surface area contributed by atoms with E-state index in [1.54, 1.807) is 29.2 Å². The van der Waals surface area contributed by atoms with Gasteiger partial charge in [-0.05, 0) is 59.7 Å². The molecule has 0 N–H and O–H groups in total. The Morgan fingerprint density at radius 3 is 1.97 bits per heavy atom. The third-order valence-corrected chi connectivity index (χ3v) is 6.06. The second kappa shape index (κ2) is 9.70. The summed E-state index contributed by atoms with van der Waals surface area (Å²) in [5.74, 6) is -0.959. The Hall–Kier alpha value is -3.26. The van der Waals surface area contributed by atoms with Gasteiger partial charge in [-0.15, -0.1) is 0 Å². The highest BCUT2D eigenvalue weighted by Crippen LogP contribution is 2.24. The smallest absolute Gasteiger partial charge is 0.339 e. The van der Waals surface area contributed by atoms with Crippen LogP contribution in [0.5, 0.6) is 5.75 Å². The van der Waals surface area contributed by atoms with Crippen molar-refractivity contribution in [3.63, 3.8) is 0 Å². The first-order valence-electron chi connectivity index (χ1n) is 10.3. The van der Waals surface area contributed by atoms with Crippen LogP contribution in [0.4, 0.5) is 8.78 Å². The highest BCUT2D eigenvalue weighted by molar-refractivity contribution is 7.87. The van der Waals surface area contributed by atoms with E-state index >= 15 is 0 Å². The Morgan fingerprint density at radius 2 is 1.39 bits per heavy atom. The summed E-state index contributed by atoms with van der Waals surface area (Å²) in [6.07, 6.45) is 0. The zero-order chi connectivity index (χ0) is 24.2. The molecule has 0 fully saturated rings. The maximum Gasteiger partial charge on any atom is 0.339 e. The van der Waals surface area contributed by atoms with Gasteiger partial charge in [-0.1, -0.05) is 45.0 Å². The molecule has 0 spiro atoms. The molecule has 1 amide bonds. The number of nitrogens with zero attached hydrogens (tertiary/aromatic N) is 1. The first kappa shape index (κ1) is 24.4. The molecular formula is C25H25F2NO4S. The summed E-state index contributed by atoms with van der Waals surface area (Å²) in [5, 5.41) is 0. The molecule has 3 aromatic carbocycles. The molecule has 3 rings (SSSR count). The first-order valence-corrected chi connectivity index (χ1v) is 11.7. The van der Waals surface area contributed by atoms with Crippen LogP contribution in [0, 0.1) is 17.0 Å². The summed E-state index contributed by atoms with van der Waals surface area (Å²) in [7, 11) is -4.15. The van der Waals surface area contributed by atoms with E-state index in [2.05, 4.69) is 0 Å². The molecule has 0 bridgehead atoms. The summed E-state index contributed by atoms with van der Waals surface area (Å²) in [5.41, 5.74) is 0.766. The van der Waals surface area contributed by atoms with Crippen molar-refractivity contribution in [2.24, 2.45) is 5.41 Å². The molecule has 0 saturated carbocycles. The predicted octanol–water partition coefficient (Wildman–Crippen LogP) is 5.31. The van der Waals surface area contributed by atoms with Gasteiger partial charge in [0.05, 0.1) is 0 Å². The van der Waals surface area contributed by atoms with Gasteiger partial charge in [0, 0.05) is 18.5 Å². The van der Waals surface area contributed by atoms with Gasteiger partial charge in [-0.3, -0.25) is 4.79 Å². The van der Waals surface area contributed by atoms with E-state index in [1.165, 1.54) is 24.3 Å². The summed E-state index contributed by atoms with van der Waals surface area (Å²) in [6, 6.07) is 16.6. The number of benzene rings is 3. The van der Waals surface area contributed by atoms with Crippen LogP contribution in [0.25, 0.3) is 0 Å². The Labute approximate surface area is 192 Å². The van der Waals surface area contributed by atoms with Crippen molar-refractivity contribution in [2.75, 3.05) is 0 Å². The molecule has 0 saturated heterocycles. The van der Waals surface area contributed by atoms with Crippen LogP contribution in [-0.2, 0) is 28.0 Å². The molecule has 33 heavy (non-hydrogen) atoms. The number of halogens is 2. The van der Waals surface area contributed by atoms with Crippen LogP contribution >= 0.6 is 0 Å². The summed E-state index contributed by atoms with van der Waals surface area (Å²) < 4.78 is 56.6. The minimum Gasteiger partial charge on any atom is -0.379 e. The minimum atomic E-state index is -4.15. The Morgan fingerprint density at radius 1 is 0.848 bits per heavy atom. The topological polar surface area (TPSA) is 63.7 Å². The Kier molecular flexibility index (Phi) is 7.17. The van der Waals surface area contributed by atoms with Crippen molar-refractivity contribution < 1.29 is 26.2 Å². The van der Waals surface area contributed by atoms with Gasteiger partial charge in [-0.25, -0.2) is 8.78 Å². The van der Waals surface area contributed by atoms with Crippen LogP contribution in [-0.4, -0.2) is 19.2 Å². The quantitative estimate of drug-likeness (QED) is 0.437. The van der Waals surface area contributed by atoms with Gasteiger partial charge in [0.15, 0.2) is 0 Å². The van der Waals surface area contributed by atoms with Crippen LogP contribution in [0.15, 0.2) is 77.7 Å². The highest BCUT2D eigenvalue weighted by Gasteiger charge is 2.27. The molecule has 174 valence electrons. The zero-order valence-corrected chi connectivity index (χ0v) is 19.4. The maximum absolute atomic E-state index is 13.3. The number of hydrogen-bond acceptors (Lipinski definition) is 4. The fourth-order valence-corrected chi connectivity index (χ4v) is 4.10. The highest BCUT2D eigenvalue weighted by atomic mass is 32.2. The average Bonchev–Trinajstić information content (AvgIpc) is 2.74. The van der Waals surface area contributed by atoms with Gasteiger partial charge in [0.1, 0.15) is 22.3 Å². The van der Waals surface area contributed by atoms with E-state index in [0.717, 1.165) is 29.8 Å². The molecule has 0 aromatic heterocycles. The van der Waals surface area contributed by atoms with Gasteiger partial charge in [-0.2, -0.15) is 8.42 Å². The van der Waals surface area contributed by atoms with Gasteiger partial charge in [0.2, 0.25) is 5.91 Å². The second-order valence-electron chi connectivity index (χ2n) is 8.68. The van der Waals surface area contributed by atoms with E-state index in [-0.39, 0.29) is 35.5 Å². The normalized spacial score (nSPS) is 11.8. The minimum absolute atomic E-state index is 0.0711. The fraction of sp³-hybridized carbons (Fsp3) is 0.240. The zero-order valence-electron chi connectivity index (χ0n) is 18.6. The second-order valence-corrected chi connectivity index (χ2v) is 10.2. The lowest BCUT2D eigenvalue weighted by atomic mass is 9.94. The van der Waals surface area contributed by atoms with E-state index in [0.29, 0.717) is 5.56 Å². The first-order chi connectivity index (χ1) is 15.4. The van der Waals surface area contributed by atoms with Crippen molar-refractivity contribution in [3.05, 3.63) is 95.6 Å². The Bertz CT molecular complexity index is 1220. The van der Waals surface area contributed by atoms with Crippen LogP contribution in [0.3, 0.4) is 0 Å². The molecule has 0 heterocycles. The van der Waals surface area contributed by atoms with E-state index in [9.17, 15) is 22.0 Å². The molecule has 0 aliphatic heterocycles. The number of carbonyl (C=O) groups excluding carboxylic acids is 1. The molecule has 5 nitrogen and oxygen atoms in total. The van der Waals surface area contributed by atoms with Crippen molar-refractivity contribution in [1.29, 1.82) is 0 Å². The number of amides is 1. The molecule has 3 aromatic rings. The third kappa shape index (κ3) is 6.61. The lowest BCUT2D eigenvalue weighted by Crippen LogP contribution is -2.38. The molecule has 0 aliphatic carbocycles. The van der Waals surface area contributed by atoms with E-state index < -0.39 is 21.4 Å².